The molecule has 5 nitrogen and oxygen atoms in total. The van der Waals surface area contributed by atoms with Crippen LogP contribution in [0, 0.1) is 5.41 Å². The smallest absolute Gasteiger partial charge is 0.341 e. The monoisotopic (exact) mass is 305 g/mol. The maximum Gasteiger partial charge on any atom is 0.341 e. The van der Waals surface area contributed by atoms with Gasteiger partial charge in [0.05, 0.1) is 10.3 Å². The zero-order valence-corrected chi connectivity index (χ0v) is 11.2. The molecule has 0 heterocycles. The molecule has 0 spiro atoms. The Kier molecular flexibility index (Phi) is 3.68. The topological polar surface area (TPSA) is 83.5 Å². The zero-order chi connectivity index (χ0) is 15.0. The highest BCUT2D eigenvalue weighted by Crippen LogP contribution is 2.45. The van der Waals surface area contributed by atoms with E-state index in [1.165, 1.54) is 12.1 Å². The van der Waals surface area contributed by atoms with Crippen molar-refractivity contribution in [3.63, 3.8) is 0 Å². The van der Waals surface area contributed by atoms with Crippen molar-refractivity contribution in [2.24, 2.45) is 5.41 Å². The molecule has 0 aromatic heterocycles. The lowest BCUT2D eigenvalue weighted by molar-refractivity contribution is -0.142. The molecule has 0 saturated heterocycles. The summed E-state index contributed by atoms with van der Waals surface area (Å²) in [6, 6.07) is 4.83. The molecular formula is C12H13F2NO4S. The summed E-state index contributed by atoms with van der Waals surface area (Å²) in [5, 5.41) is 11.9. The summed E-state index contributed by atoms with van der Waals surface area (Å²) in [5.74, 6) is -4.33. The second kappa shape index (κ2) is 5.01. The van der Waals surface area contributed by atoms with E-state index in [-0.39, 0.29) is 6.54 Å². The molecule has 0 unspecified atom stereocenters. The molecule has 0 radical (unpaired) electrons. The Morgan fingerprint density at radius 2 is 1.85 bits per heavy atom. The van der Waals surface area contributed by atoms with Gasteiger partial charge in [-0.25, -0.2) is 8.42 Å². The largest absolute Gasteiger partial charge is 0.481 e. The van der Waals surface area contributed by atoms with E-state index in [0.29, 0.717) is 18.5 Å². The van der Waals surface area contributed by atoms with Crippen molar-refractivity contribution in [1.82, 2.24) is 0 Å². The van der Waals surface area contributed by atoms with Crippen molar-refractivity contribution in [2.45, 2.75) is 23.5 Å². The van der Waals surface area contributed by atoms with E-state index in [0.717, 1.165) is 12.1 Å². The molecule has 2 rings (SSSR count). The molecule has 2 N–H and O–H groups in total. The Morgan fingerprint density at radius 1 is 1.30 bits per heavy atom. The molecule has 1 aromatic carbocycles. The third-order valence-corrected chi connectivity index (χ3v) is 4.75. The van der Waals surface area contributed by atoms with Crippen LogP contribution in [0.3, 0.4) is 0 Å². The van der Waals surface area contributed by atoms with Gasteiger partial charge in [0.2, 0.25) is 9.84 Å². The number of carbonyl (C=O) groups is 1. The number of hydrogen-bond acceptors (Lipinski definition) is 4. The minimum atomic E-state index is -4.59. The number of carboxylic acid groups (broad SMARTS) is 1. The van der Waals surface area contributed by atoms with Gasteiger partial charge in [0, 0.05) is 12.2 Å². The second-order valence-electron chi connectivity index (χ2n) is 4.77. The van der Waals surface area contributed by atoms with E-state index in [1.807, 2.05) is 0 Å². The van der Waals surface area contributed by atoms with Crippen LogP contribution in [0.25, 0.3) is 0 Å². The van der Waals surface area contributed by atoms with E-state index < -0.39 is 31.9 Å². The number of hydrogen-bond donors (Lipinski definition) is 2. The lowest BCUT2D eigenvalue weighted by atomic mass is 10.1. The van der Waals surface area contributed by atoms with Gasteiger partial charge in [-0.2, -0.15) is 8.78 Å². The Hall–Kier alpha value is -1.70. The molecule has 8 heteroatoms. The molecule has 20 heavy (non-hydrogen) atoms. The predicted molar refractivity (Wildman–Crippen MR) is 67.4 cm³/mol. The molecule has 0 amide bonds. The fraction of sp³-hybridized carbons (Fsp3) is 0.417. The lowest BCUT2D eigenvalue weighted by Crippen LogP contribution is -2.24. The van der Waals surface area contributed by atoms with Gasteiger partial charge >= 0.3 is 11.7 Å². The van der Waals surface area contributed by atoms with Crippen molar-refractivity contribution in [3.8, 4) is 0 Å². The summed E-state index contributed by atoms with van der Waals surface area (Å²) < 4.78 is 47.1. The molecule has 1 aliphatic carbocycles. The van der Waals surface area contributed by atoms with Crippen LogP contribution in [-0.2, 0) is 14.6 Å². The maximum absolute atomic E-state index is 12.3. The number of rotatable bonds is 6. The molecule has 1 aliphatic rings. The van der Waals surface area contributed by atoms with Crippen LogP contribution >= 0.6 is 0 Å². The van der Waals surface area contributed by atoms with Crippen molar-refractivity contribution < 1.29 is 27.1 Å². The number of sulfone groups is 1. The molecule has 0 atom stereocenters. The number of anilines is 1. The Morgan fingerprint density at radius 3 is 2.25 bits per heavy atom. The number of carboxylic acids is 1. The van der Waals surface area contributed by atoms with Crippen LogP contribution < -0.4 is 5.32 Å². The standard InChI is InChI=1S/C12H13F2NO4S/c13-11(14)20(18,19)9-3-1-8(2-4-9)15-7-12(5-6-12)10(16)17/h1-4,11,15H,5-7H2,(H,16,17). The number of nitrogens with one attached hydrogen (secondary N) is 1. The predicted octanol–water partition coefficient (Wildman–Crippen LogP) is 1.96. The zero-order valence-electron chi connectivity index (χ0n) is 10.3. The first-order chi connectivity index (χ1) is 9.28. The van der Waals surface area contributed by atoms with Gasteiger partial charge in [0.25, 0.3) is 0 Å². The van der Waals surface area contributed by atoms with Gasteiger partial charge in [-0.1, -0.05) is 0 Å². The third kappa shape index (κ3) is 2.74. The molecule has 1 fully saturated rings. The summed E-state index contributed by atoms with van der Waals surface area (Å²) in [4.78, 5) is 10.5. The van der Waals surface area contributed by atoms with Gasteiger partial charge in [-0.05, 0) is 37.1 Å². The minimum absolute atomic E-state index is 0.225. The minimum Gasteiger partial charge on any atom is -0.481 e. The molecule has 0 aliphatic heterocycles. The summed E-state index contributed by atoms with van der Waals surface area (Å²) in [6.07, 6.45) is 1.18. The first-order valence-electron chi connectivity index (χ1n) is 5.87. The van der Waals surface area contributed by atoms with Crippen molar-refractivity contribution in [3.05, 3.63) is 24.3 Å². The first-order valence-corrected chi connectivity index (χ1v) is 7.42. The SMILES string of the molecule is O=C(O)C1(CNc2ccc(S(=O)(=O)C(F)F)cc2)CC1. The molecule has 0 bridgehead atoms. The van der Waals surface area contributed by atoms with Crippen LogP contribution in [0.15, 0.2) is 29.2 Å². The number of halogens is 2. The average Bonchev–Trinajstić information content (AvgIpc) is 3.18. The van der Waals surface area contributed by atoms with Gasteiger partial charge in [-0.15, -0.1) is 0 Å². The van der Waals surface area contributed by atoms with Crippen molar-refractivity contribution in [1.29, 1.82) is 0 Å². The second-order valence-corrected chi connectivity index (χ2v) is 6.69. The van der Waals surface area contributed by atoms with Crippen LogP contribution in [0.1, 0.15) is 12.8 Å². The maximum atomic E-state index is 12.3. The summed E-state index contributed by atoms with van der Waals surface area (Å²) in [6.45, 7) is 0.225. The quantitative estimate of drug-likeness (QED) is 0.839. The number of aliphatic carboxylic acids is 1. The Balaban J connectivity index is 2.05. The van der Waals surface area contributed by atoms with E-state index >= 15 is 0 Å². The Bertz CT molecular complexity index is 609. The van der Waals surface area contributed by atoms with Crippen molar-refractivity contribution in [2.75, 3.05) is 11.9 Å². The van der Waals surface area contributed by atoms with Crippen LogP contribution in [0.4, 0.5) is 14.5 Å². The van der Waals surface area contributed by atoms with E-state index in [2.05, 4.69) is 5.32 Å². The average molecular weight is 305 g/mol. The summed E-state index contributed by atoms with van der Waals surface area (Å²) in [5.41, 5.74) is -0.265. The molecular weight excluding hydrogens is 292 g/mol. The van der Waals surface area contributed by atoms with Gasteiger partial charge in [0.15, 0.2) is 0 Å². The fourth-order valence-electron chi connectivity index (χ4n) is 1.75. The first kappa shape index (κ1) is 14.7. The van der Waals surface area contributed by atoms with E-state index in [9.17, 15) is 22.0 Å². The van der Waals surface area contributed by atoms with Crippen molar-refractivity contribution >= 4 is 21.5 Å². The Labute approximate surface area is 114 Å². The van der Waals surface area contributed by atoms with Crippen LogP contribution in [0.5, 0.6) is 0 Å². The van der Waals surface area contributed by atoms with E-state index in [1.54, 1.807) is 0 Å². The number of benzene rings is 1. The molecule has 110 valence electrons. The highest BCUT2D eigenvalue weighted by Gasteiger charge is 2.49. The van der Waals surface area contributed by atoms with Gasteiger partial charge < -0.3 is 10.4 Å². The summed E-state index contributed by atoms with van der Waals surface area (Å²) >= 11 is 0. The molecule has 1 aromatic rings. The highest BCUT2D eigenvalue weighted by atomic mass is 32.2. The highest BCUT2D eigenvalue weighted by molar-refractivity contribution is 7.91. The fourth-order valence-corrected chi connectivity index (χ4v) is 2.47. The van der Waals surface area contributed by atoms with Crippen LogP contribution in [-0.4, -0.2) is 31.8 Å². The molecule has 1 saturated carbocycles. The van der Waals surface area contributed by atoms with Crippen LogP contribution in [0.2, 0.25) is 0 Å². The number of alkyl halides is 2. The van der Waals surface area contributed by atoms with E-state index in [4.69, 9.17) is 5.11 Å². The third-order valence-electron chi connectivity index (χ3n) is 3.36. The normalized spacial score (nSPS) is 16.9. The summed E-state index contributed by atoms with van der Waals surface area (Å²) in [7, 11) is -4.59. The van der Waals surface area contributed by atoms with Gasteiger partial charge in [-0.3, -0.25) is 4.79 Å². The van der Waals surface area contributed by atoms with Gasteiger partial charge in [0.1, 0.15) is 0 Å². The lowest BCUT2D eigenvalue weighted by Gasteiger charge is -2.12.